The Labute approximate surface area is 180 Å². The van der Waals surface area contributed by atoms with E-state index in [1.807, 2.05) is 36.2 Å². The fourth-order valence-corrected chi connectivity index (χ4v) is 4.87. The summed E-state index contributed by atoms with van der Waals surface area (Å²) in [6.45, 7) is 0.481. The molecular weight excluding hydrogens is 378 g/mol. The van der Waals surface area contributed by atoms with Gasteiger partial charge in [-0.05, 0) is 54.7 Å². The van der Waals surface area contributed by atoms with E-state index in [1.165, 1.54) is 38.5 Å². The molecule has 0 spiro atoms. The summed E-state index contributed by atoms with van der Waals surface area (Å²) in [5.41, 5.74) is 1.93. The fraction of sp³-hybridized carbons (Fsp3) is 0.640. The molecule has 1 heterocycles. The molecule has 30 heavy (non-hydrogen) atoms. The molecule has 1 aromatic rings. The van der Waals surface area contributed by atoms with Crippen LogP contribution in [0.1, 0.15) is 68.9 Å². The maximum Gasteiger partial charge on any atom is 0.288 e. The number of hydrogen-bond acceptors (Lipinski definition) is 4. The van der Waals surface area contributed by atoms with Crippen molar-refractivity contribution in [1.29, 1.82) is 0 Å². The number of nitrogens with zero attached hydrogens (tertiary/aromatic N) is 1. The molecule has 2 fully saturated rings. The van der Waals surface area contributed by atoms with Crippen LogP contribution in [-0.2, 0) is 27.5 Å². The van der Waals surface area contributed by atoms with Crippen LogP contribution >= 0.6 is 0 Å². The molecule has 1 amide bonds. The van der Waals surface area contributed by atoms with Gasteiger partial charge in [-0.1, -0.05) is 49.9 Å². The van der Waals surface area contributed by atoms with E-state index < -0.39 is 6.29 Å². The van der Waals surface area contributed by atoms with Crippen molar-refractivity contribution >= 4 is 5.91 Å². The molecule has 2 aliphatic carbocycles. The maximum atomic E-state index is 13.2. The summed E-state index contributed by atoms with van der Waals surface area (Å²) in [4.78, 5) is 15.1. The highest BCUT2D eigenvalue weighted by Crippen LogP contribution is 2.40. The van der Waals surface area contributed by atoms with Gasteiger partial charge in [0.2, 0.25) is 6.29 Å². The van der Waals surface area contributed by atoms with Crippen LogP contribution in [0.4, 0.5) is 0 Å². The second-order valence-corrected chi connectivity index (χ2v) is 9.16. The zero-order valence-corrected chi connectivity index (χ0v) is 18.1. The van der Waals surface area contributed by atoms with E-state index in [0.29, 0.717) is 30.2 Å². The van der Waals surface area contributed by atoms with Crippen LogP contribution in [0, 0.1) is 11.8 Å². The predicted octanol–water partition coefficient (Wildman–Crippen LogP) is 4.53. The molecule has 0 aromatic heterocycles. The molecule has 1 N–H and O–H groups in total. The Hall–Kier alpha value is -1.85. The van der Waals surface area contributed by atoms with Crippen molar-refractivity contribution in [2.45, 2.75) is 83.3 Å². The predicted molar refractivity (Wildman–Crippen MR) is 115 cm³/mol. The summed E-state index contributed by atoms with van der Waals surface area (Å²) in [5, 5.41) is 9.20. The SMILES string of the molecule is CN(C(=O)C1=C[C@@H](C2CCC2)C[C@@H](OCc2ccc(CO)cc2)O1)C1CCCCC1. The molecule has 2 saturated carbocycles. The Morgan fingerprint density at radius 1 is 1.07 bits per heavy atom. The van der Waals surface area contributed by atoms with Crippen molar-refractivity contribution in [2.75, 3.05) is 7.05 Å². The standard InChI is InChI=1S/C25H35NO4/c1-26(22-8-3-2-4-9-22)25(28)23-14-21(20-6-5-7-20)15-24(30-23)29-17-19-12-10-18(16-27)11-13-19/h10-14,20-22,24,27H,2-9,15-17H2,1H3/t21-,24+/m1/s1. The van der Waals surface area contributed by atoms with Crippen molar-refractivity contribution < 1.29 is 19.4 Å². The number of aliphatic hydroxyl groups is 1. The Bertz CT molecular complexity index is 734. The van der Waals surface area contributed by atoms with Crippen LogP contribution in [0.3, 0.4) is 0 Å². The van der Waals surface area contributed by atoms with Crippen LogP contribution in [0.25, 0.3) is 0 Å². The van der Waals surface area contributed by atoms with Crippen molar-refractivity contribution in [2.24, 2.45) is 11.8 Å². The second-order valence-electron chi connectivity index (χ2n) is 9.16. The largest absolute Gasteiger partial charge is 0.459 e. The Kier molecular flexibility index (Phi) is 7.11. The van der Waals surface area contributed by atoms with Gasteiger partial charge in [0.15, 0.2) is 5.76 Å². The average Bonchev–Trinajstić information content (AvgIpc) is 2.76. The second kappa shape index (κ2) is 9.97. The first-order valence-corrected chi connectivity index (χ1v) is 11.6. The molecule has 2 atom stereocenters. The normalized spacial score (nSPS) is 25.2. The summed E-state index contributed by atoms with van der Waals surface area (Å²) in [6.07, 6.45) is 12.1. The summed E-state index contributed by atoms with van der Waals surface area (Å²) in [7, 11) is 1.92. The van der Waals surface area contributed by atoms with Gasteiger partial charge in [0.05, 0.1) is 13.2 Å². The first-order chi connectivity index (χ1) is 14.6. The molecule has 4 rings (SSSR count). The molecule has 5 heteroatoms. The van der Waals surface area contributed by atoms with Crippen molar-refractivity contribution in [3.63, 3.8) is 0 Å². The zero-order chi connectivity index (χ0) is 20.9. The molecule has 0 saturated heterocycles. The lowest BCUT2D eigenvalue weighted by Gasteiger charge is -2.39. The summed E-state index contributed by atoms with van der Waals surface area (Å²) >= 11 is 0. The highest BCUT2D eigenvalue weighted by atomic mass is 16.7. The van der Waals surface area contributed by atoms with E-state index in [4.69, 9.17) is 9.47 Å². The van der Waals surface area contributed by atoms with Crippen LogP contribution < -0.4 is 0 Å². The first kappa shape index (κ1) is 21.4. The first-order valence-electron chi connectivity index (χ1n) is 11.6. The third kappa shape index (κ3) is 5.06. The summed E-state index contributed by atoms with van der Waals surface area (Å²) in [6, 6.07) is 8.08. The topological polar surface area (TPSA) is 59.0 Å². The smallest absolute Gasteiger partial charge is 0.288 e. The lowest BCUT2D eigenvalue weighted by atomic mass is 9.73. The molecule has 164 valence electrons. The molecular formula is C25H35NO4. The van der Waals surface area contributed by atoms with Gasteiger partial charge < -0.3 is 19.5 Å². The van der Waals surface area contributed by atoms with E-state index in [9.17, 15) is 9.90 Å². The quantitative estimate of drug-likeness (QED) is 0.713. The van der Waals surface area contributed by atoms with Gasteiger partial charge in [-0.15, -0.1) is 0 Å². The number of aliphatic hydroxyl groups excluding tert-OH is 1. The van der Waals surface area contributed by atoms with Crippen LogP contribution in [-0.4, -0.2) is 35.3 Å². The van der Waals surface area contributed by atoms with Crippen LogP contribution in [0.5, 0.6) is 0 Å². The number of ether oxygens (including phenoxy) is 2. The maximum absolute atomic E-state index is 13.2. The lowest BCUT2D eigenvalue weighted by Crippen LogP contribution is -2.42. The number of hydrogen-bond donors (Lipinski definition) is 1. The zero-order valence-electron chi connectivity index (χ0n) is 18.1. The van der Waals surface area contributed by atoms with Crippen LogP contribution in [0.15, 0.2) is 36.1 Å². The van der Waals surface area contributed by atoms with Gasteiger partial charge in [-0.3, -0.25) is 4.79 Å². The Balaban J connectivity index is 1.41. The molecule has 3 aliphatic rings. The number of likely N-dealkylation sites (N-methyl/N-ethyl adjacent to an activating group) is 1. The van der Waals surface area contributed by atoms with Crippen molar-refractivity contribution in [3.8, 4) is 0 Å². The van der Waals surface area contributed by atoms with Crippen molar-refractivity contribution in [1.82, 2.24) is 4.90 Å². The van der Waals surface area contributed by atoms with Crippen molar-refractivity contribution in [3.05, 3.63) is 47.2 Å². The monoisotopic (exact) mass is 413 g/mol. The summed E-state index contributed by atoms with van der Waals surface area (Å²) in [5.74, 6) is 1.48. The Morgan fingerprint density at radius 2 is 1.77 bits per heavy atom. The highest BCUT2D eigenvalue weighted by Gasteiger charge is 2.36. The lowest BCUT2D eigenvalue weighted by molar-refractivity contribution is -0.162. The van der Waals surface area contributed by atoms with Gasteiger partial charge in [0, 0.05) is 19.5 Å². The number of allylic oxidation sites excluding steroid dienone is 1. The molecule has 0 bridgehead atoms. The van der Waals surface area contributed by atoms with E-state index >= 15 is 0 Å². The van der Waals surface area contributed by atoms with Crippen LogP contribution in [0.2, 0.25) is 0 Å². The summed E-state index contributed by atoms with van der Waals surface area (Å²) < 4.78 is 12.2. The van der Waals surface area contributed by atoms with E-state index in [-0.39, 0.29) is 12.5 Å². The fourth-order valence-electron chi connectivity index (χ4n) is 4.87. The van der Waals surface area contributed by atoms with Gasteiger partial charge in [-0.25, -0.2) is 0 Å². The molecule has 0 unspecified atom stereocenters. The molecule has 1 aromatic carbocycles. The highest BCUT2D eigenvalue weighted by molar-refractivity contribution is 5.91. The van der Waals surface area contributed by atoms with Gasteiger partial charge in [0.25, 0.3) is 5.91 Å². The molecule has 0 radical (unpaired) electrons. The van der Waals surface area contributed by atoms with Gasteiger partial charge >= 0.3 is 0 Å². The number of benzene rings is 1. The third-order valence-corrected chi connectivity index (χ3v) is 7.14. The minimum atomic E-state index is -0.392. The number of carbonyl (C=O) groups is 1. The third-order valence-electron chi connectivity index (χ3n) is 7.14. The average molecular weight is 414 g/mol. The molecule has 1 aliphatic heterocycles. The molecule has 5 nitrogen and oxygen atoms in total. The van der Waals surface area contributed by atoms with E-state index in [0.717, 1.165) is 30.4 Å². The number of carbonyl (C=O) groups excluding carboxylic acids is 1. The van der Waals surface area contributed by atoms with E-state index in [2.05, 4.69) is 6.08 Å². The minimum absolute atomic E-state index is 0.00632. The number of rotatable bonds is 7. The van der Waals surface area contributed by atoms with E-state index in [1.54, 1.807) is 0 Å². The van der Waals surface area contributed by atoms with Gasteiger partial charge in [-0.2, -0.15) is 0 Å². The minimum Gasteiger partial charge on any atom is -0.459 e. The Morgan fingerprint density at radius 3 is 2.40 bits per heavy atom. The number of amides is 1. The van der Waals surface area contributed by atoms with Gasteiger partial charge in [0.1, 0.15) is 0 Å².